The molecule has 5 heteroatoms. The monoisotopic (exact) mass is 298 g/mol. The van der Waals surface area contributed by atoms with Crippen molar-refractivity contribution in [2.75, 3.05) is 50.7 Å². The molecular weight excluding hydrogens is 276 g/mol. The summed E-state index contributed by atoms with van der Waals surface area (Å²) in [7, 11) is 0. The van der Waals surface area contributed by atoms with Crippen LogP contribution in [0.1, 0.15) is 18.4 Å². The van der Waals surface area contributed by atoms with Crippen molar-refractivity contribution in [3.05, 3.63) is 29.8 Å². The molecular formula is C17H22N4O. The van der Waals surface area contributed by atoms with Gasteiger partial charge in [-0.15, -0.1) is 0 Å². The van der Waals surface area contributed by atoms with Crippen LogP contribution in [0, 0.1) is 11.3 Å². The Hall–Kier alpha value is -2.06. The second kappa shape index (κ2) is 6.80. The first-order valence-corrected chi connectivity index (χ1v) is 8.01. The Kier molecular flexibility index (Phi) is 4.59. The molecule has 2 heterocycles. The normalized spacial score (nSPS) is 19.2. The summed E-state index contributed by atoms with van der Waals surface area (Å²) in [5.74, 6) is 0.276. The smallest absolute Gasteiger partial charge is 0.236 e. The molecule has 116 valence electrons. The second-order valence-corrected chi connectivity index (χ2v) is 6.01. The highest BCUT2D eigenvalue weighted by atomic mass is 16.2. The number of rotatable bonds is 3. The van der Waals surface area contributed by atoms with Gasteiger partial charge >= 0.3 is 0 Å². The largest absolute Gasteiger partial charge is 0.370 e. The number of carbonyl (C=O) groups is 1. The minimum Gasteiger partial charge on any atom is -0.370 e. The summed E-state index contributed by atoms with van der Waals surface area (Å²) in [4.78, 5) is 18.6. The quantitative estimate of drug-likeness (QED) is 0.844. The zero-order chi connectivity index (χ0) is 15.4. The highest BCUT2D eigenvalue weighted by molar-refractivity contribution is 5.78. The predicted octanol–water partition coefficient (Wildman–Crippen LogP) is 1.30. The lowest BCUT2D eigenvalue weighted by Crippen LogP contribution is -2.47. The first-order chi connectivity index (χ1) is 10.8. The lowest BCUT2D eigenvalue weighted by atomic mass is 10.2. The number of hydrogen-bond acceptors (Lipinski definition) is 4. The Morgan fingerprint density at radius 2 is 1.73 bits per heavy atom. The Bertz CT molecular complexity index is 559. The fraction of sp³-hybridized carbons (Fsp3) is 0.529. The molecule has 1 aromatic rings. The van der Waals surface area contributed by atoms with Crippen LogP contribution in [0.5, 0.6) is 0 Å². The molecule has 0 N–H and O–H groups in total. The minimum atomic E-state index is 0.276. The Labute approximate surface area is 131 Å². The molecule has 0 spiro atoms. The average molecular weight is 298 g/mol. The summed E-state index contributed by atoms with van der Waals surface area (Å²) in [6.07, 6.45) is 2.21. The SMILES string of the molecule is N#Cc1ccc(N2CCCN(CC(=O)N3CCC3)CC2)cc1. The Morgan fingerprint density at radius 1 is 1.00 bits per heavy atom. The number of nitriles is 1. The molecule has 2 aliphatic rings. The summed E-state index contributed by atoms with van der Waals surface area (Å²) in [6, 6.07) is 9.91. The number of likely N-dealkylation sites (tertiary alicyclic amines) is 1. The van der Waals surface area contributed by atoms with Gasteiger partial charge in [0.2, 0.25) is 5.91 Å². The molecule has 0 aromatic heterocycles. The molecule has 0 aliphatic carbocycles. The topological polar surface area (TPSA) is 50.6 Å². The van der Waals surface area contributed by atoms with Gasteiger partial charge in [-0.05, 0) is 37.1 Å². The molecule has 0 radical (unpaired) electrons. The molecule has 1 aromatic carbocycles. The van der Waals surface area contributed by atoms with Crippen LogP contribution in [-0.2, 0) is 4.79 Å². The van der Waals surface area contributed by atoms with Crippen molar-refractivity contribution in [1.82, 2.24) is 9.80 Å². The van der Waals surface area contributed by atoms with Crippen LogP contribution in [0.3, 0.4) is 0 Å². The maximum atomic E-state index is 12.1. The van der Waals surface area contributed by atoms with Crippen LogP contribution in [0.25, 0.3) is 0 Å². The number of anilines is 1. The maximum absolute atomic E-state index is 12.1. The molecule has 2 saturated heterocycles. The summed E-state index contributed by atoms with van der Waals surface area (Å²) in [5, 5.41) is 8.87. The van der Waals surface area contributed by atoms with Crippen molar-refractivity contribution < 1.29 is 4.79 Å². The van der Waals surface area contributed by atoms with Crippen LogP contribution >= 0.6 is 0 Å². The zero-order valence-electron chi connectivity index (χ0n) is 12.9. The molecule has 0 bridgehead atoms. The zero-order valence-corrected chi connectivity index (χ0v) is 12.9. The molecule has 3 rings (SSSR count). The van der Waals surface area contributed by atoms with E-state index in [1.807, 2.05) is 29.2 Å². The van der Waals surface area contributed by atoms with Gasteiger partial charge in [0.15, 0.2) is 0 Å². The van der Waals surface area contributed by atoms with E-state index in [9.17, 15) is 4.79 Å². The lowest BCUT2D eigenvalue weighted by Gasteiger charge is -2.33. The van der Waals surface area contributed by atoms with E-state index in [0.29, 0.717) is 12.1 Å². The predicted molar refractivity (Wildman–Crippen MR) is 85.6 cm³/mol. The van der Waals surface area contributed by atoms with E-state index < -0.39 is 0 Å². The number of nitrogens with zero attached hydrogens (tertiary/aromatic N) is 4. The molecule has 0 unspecified atom stereocenters. The van der Waals surface area contributed by atoms with Gasteiger partial charge in [0, 0.05) is 45.0 Å². The Morgan fingerprint density at radius 3 is 2.36 bits per heavy atom. The van der Waals surface area contributed by atoms with E-state index in [1.165, 1.54) is 0 Å². The fourth-order valence-corrected chi connectivity index (χ4v) is 2.99. The van der Waals surface area contributed by atoms with E-state index in [0.717, 1.165) is 57.8 Å². The van der Waals surface area contributed by atoms with Crippen molar-refractivity contribution in [1.29, 1.82) is 5.26 Å². The third-order valence-electron chi connectivity index (χ3n) is 4.52. The molecule has 22 heavy (non-hydrogen) atoms. The Balaban J connectivity index is 1.54. The van der Waals surface area contributed by atoms with E-state index >= 15 is 0 Å². The van der Waals surface area contributed by atoms with Gasteiger partial charge in [-0.1, -0.05) is 0 Å². The van der Waals surface area contributed by atoms with E-state index in [-0.39, 0.29) is 5.91 Å². The molecule has 0 atom stereocenters. The fourth-order valence-electron chi connectivity index (χ4n) is 2.99. The van der Waals surface area contributed by atoms with Gasteiger partial charge < -0.3 is 9.80 Å². The molecule has 5 nitrogen and oxygen atoms in total. The van der Waals surface area contributed by atoms with Crippen molar-refractivity contribution in [3.8, 4) is 6.07 Å². The highest BCUT2D eigenvalue weighted by Crippen LogP contribution is 2.17. The maximum Gasteiger partial charge on any atom is 0.236 e. The molecule has 0 saturated carbocycles. The van der Waals surface area contributed by atoms with Crippen molar-refractivity contribution in [2.24, 2.45) is 0 Å². The molecule has 2 fully saturated rings. The number of benzene rings is 1. The third kappa shape index (κ3) is 3.40. The van der Waals surface area contributed by atoms with Crippen LogP contribution < -0.4 is 4.90 Å². The summed E-state index contributed by atoms with van der Waals surface area (Å²) in [6.45, 7) is 6.25. The molecule has 2 aliphatic heterocycles. The van der Waals surface area contributed by atoms with E-state index in [4.69, 9.17) is 5.26 Å². The minimum absolute atomic E-state index is 0.276. The first kappa shape index (κ1) is 14.9. The van der Waals surface area contributed by atoms with Gasteiger partial charge in [0.05, 0.1) is 18.2 Å². The molecule has 1 amide bonds. The second-order valence-electron chi connectivity index (χ2n) is 6.01. The summed E-state index contributed by atoms with van der Waals surface area (Å²) < 4.78 is 0. The van der Waals surface area contributed by atoms with Crippen molar-refractivity contribution in [3.63, 3.8) is 0 Å². The van der Waals surface area contributed by atoms with Gasteiger partial charge in [-0.25, -0.2) is 0 Å². The summed E-state index contributed by atoms with van der Waals surface area (Å²) in [5.41, 5.74) is 1.86. The highest BCUT2D eigenvalue weighted by Gasteiger charge is 2.23. The van der Waals surface area contributed by atoms with Crippen LogP contribution in [0.4, 0.5) is 5.69 Å². The van der Waals surface area contributed by atoms with Gasteiger partial charge in [-0.3, -0.25) is 9.69 Å². The third-order valence-corrected chi connectivity index (χ3v) is 4.52. The number of hydrogen-bond donors (Lipinski definition) is 0. The number of carbonyl (C=O) groups excluding carboxylic acids is 1. The van der Waals surface area contributed by atoms with E-state index in [2.05, 4.69) is 15.9 Å². The average Bonchev–Trinajstić information content (AvgIpc) is 2.71. The van der Waals surface area contributed by atoms with Crippen LogP contribution in [-0.4, -0.2) is 61.5 Å². The van der Waals surface area contributed by atoms with Crippen molar-refractivity contribution in [2.45, 2.75) is 12.8 Å². The van der Waals surface area contributed by atoms with E-state index in [1.54, 1.807) is 0 Å². The van der Waals surface area contributed by atoms with Gasteiger partial charge in [0.1, 0.15) is 0 Å². The van der Waals surface area contributed by atoms with Gasteiger partial charge in [-0.2, -0.15) is 5.26 Å². The lowest BCUT2D eigenvalue weighted by molar-refractivity contribution is -0.135. The summed E-state index contributed by atoms with van der Waals surface area (Å²) >= 11 is 0. The van der Waals surface area contributed by atoms with Crippen molar-refractivity contribution >= 4 is 11.6 Å². The van der Waals surface area contributed by atoms with Gasteiger partial charge in [0.25, 0.3) is 0 Å². The first-order valence-electron chi connectivity index (χ1n) is 8.01. The van der Waals surface area contributed by atoms with Crippen LogP contribution in [0.2, 0.25) is 0 Å². The van der Waals surface area contributed by atoms with Crippen LogP contribution in [0.15, 0.2) is 24.3 Å². The number of amides is 1. The standard InChI is InChI=1S/C17H22N4O/c18-13-15-3-5-16(6-4-15)20-8-1-7-19(11-12-20)14-17(22)21-9-2-10-21/h3-6H,1-2,7-12,14H2.